The normalized spacial score (nSPS) is 12.7. The van der Waals surface area contributed by atoms with Crippen LogP contribution < -0.4 is 5.32 Å². The van der Waals surface area contributed by atoms with E-state index in [1.54, 1.807) is 49.8 Å². The molecule has 0 bridgehead atoms. The van der Waals surface area contributed by atoms with Crippen LogP contribution >= 0.6 is 0 Å². The Labute approximate surface area is 131 Å². The van der Waals surface area contributed by atoms with Crippen LogP contribution in [-0.4, -0.2) is 23.7 Å². The maximum Gasteiger partial charge on any atom is 0.297 e. The molecule has 3 rings (SSSR count). The molecule has 1 atom stereocenters. The lowest BCUT2D eigenvalue weighted by molar-refractivity contribution is 0.141. The van der Waals surface area contributed by atoms with Crippen LogP contribution in [-0.2, 0) is 4.74 Å². The smallest absolute Gasteiger partial charge is 0.297 e. The molecule has 1 aromatic carbocycles. The molecule has 0 aliphatic heterocycles. The van der Waals surface area contributed by atoms with Gasteiger partial charge in [0.1, 0.15) is 17.6 Å². The molecule has 3 aromatic rings. The first-order chi connectivity index (χ1) is 11.2. The molecule has 120 valence electrons. The number of rotatable bonds is 6. The van der Waals surface area contributed by atoms with Crippen molar-refractivity contribution >= 4 is 16.7 Å². The number of nitrogens with one attached hydrogen (secondary N) is 1. The van der Waals surface area contributed by atoms with Gasteiger partial charge >= 0.3 is 0 Å². The molecule has 0 saturated heterocycles. The van der Waals surface area contributed by atoms with Crippen LogP contribution in [0.1, 0.15) is 24.1 Å². The van der Waals surface area contributed by atoms with Gasteiger partial charge in [-0.25, -0.2) is 18.7 Å². The average molecular weight is 319 g/mol. The summed E-state index contributed by atoms with van der Waals surface area (Å²) in [4.78, 5) is 7.86. The number of furan rings is 1. The third-order valence-corrected chi connectivity index (χ3v) is 3.35. The average Bonchev–Trinajstić information content (AvgIpc) is 3.08. The molecule has 1 unspecified atom stereocenters. The molecular weight excluding hydrogens is 304 g/mol. The number of nitrogens with zero attached hydrogens (tertiary/aromatic N) is 2. The minimum absolute atomic E-state index is 0.301. The molecule has 0 radical (unpaired) electrons. The summed E-state index contributed by atoms with van der Waals surface area (Å²) >= 11 is 0. The zero-order chi connectivity index (χ0) is 16.2. The van der Waals surface area contributed by atoms with E-state index in [0.717, 1.165) is 0 Å². The minimum atomic E-state index is -2.75. The standard InChI is InChI=1S/C16H15F2N3O2/c1-22-9-12(13-7-4-8-23-13)20-15-10-5-2-3-6-11(10)19-16(21-15)14(17)18/h2-8,12,14H,9H2,1H3,(H,19,20,21). The molecule has 5 nitrogen and oxygen atoms in total. The number of alkyl halides is 2. The minimum Gasteiger partial charge on any atom is -0.467 e. The fourth-order valence-corrected chi connectivity index (χ4v) is 2.32. The third kappa shape index (κ3) is 3.29. The molecular formula is C16H15F2N3O2. The Hall–Kier alpha value is -2.54. The monoisotopic (exact) mass is 319 g/mol. The highest BCUT2D eigenvalue weighted by molar-refractivity contribution is 5.89. The summed E-state index contributed by atoms with van der Waals surface area (Å²) in [5.74, 6) is 0.444. The van der Waals surface area contributed by atoms with E-state index in [1.807, 2.05) is 0 Å². The van der Waals surface area contributed by atoms with E-state index in [0.29, 0.717) is 29.1 Å². The van der Waals surface area contributed by atoms with Crippen LogP contribution in [0.3, 0.4) is 0 Å². The number of halogens is 2. The van der Waals surface area contributed by atoms with Crippen LogP contribution in [0.15, 0.2) is 47.1 Å². The van der Waals surface area contributed by atoms with Crippen LogP contribution in [0.4, 0.5) is 14.6 Å². The topological polar surface area (TPSA) is 60.2 Å². The van der Waals surface area contributed by atoms with E-state index in [1.165, 1.54) is 0 Å². The largest absolute Gasteiger partial charge is 0.467 e. The van der Waals surface area contributed by atoms with Crippen molar-refractivity contribution in [1.29, 1.82) is 0 Å². The highest BCUT2D eigenvalue weighted by atomic mass is 19.3. The number of benzene rings is 1. The van der Waals surface area contributed by atoms with Crippen LogP contribution in [0.2, 0.25) is 0 Å². The second-order valence-corrected chi connectivity index (χ2v) is 4.92. The summed E-state index contributed by atoms with van der Waals surface area (Å²) < 4.78 is 36.6. The number of fused-ring (bicyclic) bond motifs is 1. The second kappa shape index (κ2) is 6.70. The Kier molecular flexibility index (Phi) is 4.47. The Morgan fingerprint density at radius 1 is 1.17 bits per heavy atom. The molecule has 2 heterocycles. The van der Waals surface area contributed by atoms with E-state index in [9.17, 15) is 8.78 Å². The highest BCUT2D eigenvalue weighted by Gasteiger charge is 2.19. The first-order valence-corrected chi connectivity index (χ1v) is 7.02. The summed E-state index contributed by atoms with van der Waals surface area (Å²) in [5, 5.41) is 3.77. The molecule has 0 spiro atoms. The molecule has 0 aliphatic rings. The van der Waals surface area contributed by atoms with Gasteiger partial charge in [0, 0.05) is 12.5 Å². The number of hydrogen-bond acceptors (Lipinski definition) is 5. The molecule has 0 amide bonds. The predicted molar refractivity (Wildman–Crippen MR) is 81.4 cm³/mol. The number of aromatic nitrogens is 2. The second-order valence-electron chi connectivity index (χ2n) is 4.92. The lowest BCUT2D eigenvalue weighted by Crippen LogP contribution is -2.17. The maximum atomic E-state index is 13.0. The molecule has 0 saturated carbocycles. The maximum absolute atomic E-state index is 13.0. The summed E-state index contributed by atoms with van der Waals surface area (Å²) in [6, 6.07) is 10.2. The Morgan fingerprint density at radius 3 is 2.70 bits per heavy atom. The molecule has 2 aromatic heterocycles. The van der Waals surface area contributed by atoms with Crippen molar-refractivity contribution in [3.63, 3.8) is 0 Å². The fraction of sp³-hybridized carbons (Fsp3) is 0.250. The first kappa shape index (κ1) is 15.4. The van der Waals surface area contributed by atoms with Crippen LogP contribution in [0.25, 0.3) is 10.9 Å². The summed E-state index contributed by atoms with van der Waals surface area (Å²) in [6.07, 6.45) is -1.20. The van der Waals surface area contributed by atoms with Crippen molar-refractivity contribution in [3.8, 4) is 0 Å². The van der Waals surface area contributed by atoms with Gasteiger partial charge in [0.15, 0.2) is 5.82 Å². The molecule has 0 aliphatic carbocycles. The molecule has 23 heavy (non-hydrogen) atoms. The van der Waals surface area contributed by atoms with Gasteiger partial charge in [-0.3, -0.25) is 0 Å². The van der Waals surface area contributed by atoms with Crippen molar-refractivity contribution in [1.82, 2.24) is 9.97 Å². The van der Waals surface area contributed by atoms with Gasteiger partial charge in [0.05, 0.1) is 18.4 Å². The van der Waals surface area contributed by atoms with Crippen LogP contribution in [0.5, 0.6) is 0 Å². The number of ether oxygens (including phenoxy) is 1. The van der Waals surface area contributed by atoms with Crippen molar-refractivity contribution in [2.75, 3.05) is 19.0 Å². The van der Waals surface area contributed by atoms with Gasteiger partial charge in [-0.05, 0) is 24.3 Å². The molecule has 1 N–H and O–H groups in total. The Bertz CT molecular complexity index is 778. The van der Waals surface area contributed by atoms with E-state index in [4.69, 9.17) is 9.15 Å². The molecule has 0 fully saturated rings. The van der Waals surface area contributed by atoms with Crippen molar-refractivity contribution < 1.29 is 17.9 Å². The third-order valence-electron chi connectivity index (χ3n) is 3.35. The van der Waals surface area contributed by atoms with E-state index >= 15 is 0 Å². The summed E-state index contributed by atoms with van der Waals surface area (Å²) in [5.41, 5.74) is 0.455. The van der Waals surface area contributed by atoms with Crippen molar-refractivity contribution in [3.05, 3.63) is 54.2 Å². The number of hydrogen-bond donors (Lipinski definition) is 1. The van der Waals surface area contributed by atoms with Gasteiger partial charge in [-0.15, -0.1) is 0 Å². The van der Waals surface area contributed by atoms with Gasteiger partial charge in [-0.1, -0.05) is 12.1 Å². The van der Waals surface area contributed by atoms with Gasteiger partial charge in [-0.2, -0.15) is 0 Å². The predicted octanol–water partition coefficient (Wildman–Crippen LogP) is 3.96. The van der Waals surface area contributed by atoms with Gasteiger partial charge in [0.25, 0.3) is 6.43 Å². The van der Waals surface area contributed by atoms with E-state index in [2.05, 4.69) is 15.3 Å². The van der Waals surface area contributed by atoms with E-state index in [-0.39, 0.29) is 6.04 Å². The van der Waals surface area contributed by atoms with E-state index < -0.39 is 12.2 Å². The Morgan fingerprint density at radius 2 is 2.00 bits per heavy atom. The van der Waals surface area contributed by atoms with Gasteiger partial charge < -0.3 is 14.5 Å². The summed E-state index contributed by atoms with van der Waals surface area (Å²) in [6.45, 7) is 0.301. The zero-order valence-corrected chi connectivity index (χ0v) is 12.4. The quantitative estimate of drug-likeness (QED) is 0.745. The Balaban J connectivity index is 2.03. The van der Waals surface area contributed by atoms with Crippen molar-refractivity contribution in [2.45, 2.75) is 12.5 Å². The number of para-hydroxylation sites is 1. The lowest BCUT2D eigenvalue weighted by atomic mass is 10.2. The SMILES string of the molecule is COCC(Nc1nc(C(F)F)nc2ccccc12)c1ccco1. The summed E-state index contributed by atoms with van der Waals surface area (Å²) in [7, 11) is 1.56. The highest BCUT2D eigenvalue weighted by Crippen LogP contribution is 2.27. The molecule has 7 heteroatoms. The fourth-order valence-electron chi connectivity index (χ4n) is 2.32. The van der Waals surface area contributed by atoms with Crippen molar-refractivity contribution in [2.24, 2.45) is 0 Å². The van der Waals surface area contributed by atoms with Gasteiger partial charge in [0.2, 0.25) is 0 Å². The lowest BCUT2D eigenvalue weighted by Gasteiger charge is -2.18. The van der Waals surface area contributed by atoms with Crippen LogP contribution in [0, 0.1) is 0 Å². The first-order valence-electron chi connectivity index (χ1n) is 7.02. The number of methoxy groups -OCH3 is 1. The zero-order valence-electron chi connectivity index (χ0n) is 12.4. The number of anilines is 1.